The van der Waals surface area contributed by atoms with Gasteiger partial charge in [0.15, 0.2) is 0 Å². The Labute approximate surface area is 115 Å². The van der Waals surface area contributed by atoms with Gasteiger partial charge in [0.25, 0.3) is 5.78 Å². The minimum Gasteiger partial charge on any atom is -0.377 e. The van der Waals surface area contributed by atoms with Gasteiger partial charge in [-0.15, -0.1) is 0 Å². The topological polar surface area (TPSA) is 64.8 Å². The monoisotopic (exact) mass is 283 g/mol. The third-order valence-electron chi connectivity index (χ3n) is 3.35. The molecule has 0 amide bonds. The van der Waals surface area contributed by atoms with Crippen LogP contribution in [0.15, 0.2) is 12.4 Å². The first kappa shape index (κ1) is 12.6. The molecule has 0 bridgehead atoms. The van der Waals surface area contributed by atoms with Crippen molar-refractivity contribution < 1.29 is 9.47 Å². The normalized spacial score (nSPS) is 23.4. The SMILES string of the molecule is COC1CN(c2cc(Cl)nc3ncnn23)CC1OC. The van der Waals surface area contributed by atoms with Crippen molar-refractivity contribution >= 4 is 23.2 Å². The van der Waals surface area contributed by atoms with Gasteiger partial charge in [-0.05, 0) is 0 Å². The molecule has 102 valence electrons. The minimum absolute atomic E-state index is 0.0236. The molecule has 3 heterocycles. The molecule has 2 aromatic rings. The van der Waals surface area contributed by atoms with Gasteiger partial charge < -0.3 is 14.4 Å². The molecular formula is C11H14ClN5O2. The summed E-state index contributed by atoms with van der Waals surface area (Å²) in [4.78, 5) is 10.3. The molecule has 1 saturated heterocycles. The van der Waals surface area contributed by atoms with E-state index in [4.69, 9.17) is 21.1 Å². The van der Waals surface area contributed by atoms with E-state index in [-0.39, 0.29) is 12.2 Å². The molecule has 3 rings (SSSR count). The molecule has 1 aliphatic heterocycles. The first-order valence-corrected chi connectivity index (χ1v) is 6.27. The average molecular weight is 284 g/mol. The van der Waals surface area contributed by atoms with Crippen molar-refractivity contribution in [1.29, 1.82) is 0 Å². The number of aromatic nitrogens is 4. The Morgan fingerprint density at radius 1 is 1.26 bits per heavy atom. The molecule has 2 aromatic heterocycles. The number of methoxy groups -OCH3 is 2. The number of hydrogen-bond acceptors (Lipinski definition) is 6. The Hall–Kier alpha value is -1.44. The van der Waals surface area contributed by atoms with E-state index in [2.05, 4.69) is 20.0 Å². The maximum Gasteiger partial charge on any atom is 0.255 e. The van der Waals surface area contributed by atoms with Gasteiger partial charge in [0, 0.05) is 33.4 Å². The fourth-order valence-electron chi connectivity index (χ4n) is 2.38. The van der Waals surface area contributed by atoms with Crippen LogP contribution in [0.4, 0.5) is 5.82 Å². The lowest BCUT2D eigenvalue weighted by molar-refractivity contribution is -0.00461. The molecule has 8 heteroatoms. The fourth-order valence-corrected chi connectivity index (χ4v) is 2.55. The zero-order valence-corrected chi connectivity index (χ0v) is 11.4. The lowest BCUT2D eigenvalue weighted by Crippen LogP contribution is -2.27. The third-order valence-corrected chi connectivity index (χ3v) is 3.54. The Morgan fingerprint density at radius 2 is 1.95 bits per heavy atom. The van der Waals surface area contributed by atoms with Crippen molar-refractivity contribution in [2.45, 2.75) is 12.2 Å². The van der Waals surface area contributed by atoms with E-state index in [9.17, 15) is 0 Å². The highest BCUT2D eigenvalue weighted by atomic mass is 35.5. The number of rotatable bonds is 3. The van der Waals surface area contributed by atoms with E-state index < -0.39 is 0 Å². The van der Waals surface area contributed by atoms with Crippen LogP contribution >= 0.6 is 11.6 Å². The second-order valence-corrected chi connectivity index (χ2v) is 4.75. The summed E-state index contributed by atoms with van der Waals surface area (Å²) in [6.07, 6.45) is 1.51. The molecule has 0 aromatic carbocycles. The van der Waals surface area contributed by atoms with Gasteiger partial charge in [0.1, 0.15) is 29.5 Å². The van der Waals surface area contributed by atoms with Crippen LogP contribution in [0.25, 0.3) is 5.78 Å². The van der Waals surface area contributed by atoms with Gasteiger partial charge in [-0.1, -0.05) is 11.6 Å². The van der Waals surface area contributed by atoms with Crippen LogP contribution in [0, 0.1) is 0 Å². The smallest absolute Gasteiger partial charge is 0.255 e. The second-order valence-electron chi connectivity index (χ2n) is 4.36. The van der Waals surface area contributed by atoms with Gasteiger partial charge in [0.05, 0.1) is 0 Å². The molecule has 0 spiro atoms. The van der Waals surface area contributed by atoms with Crippen LogP contribution < -0.4 is 4.90 Å². The summed E-state index contributed by atoms with van der Waals surface area (Å²) in [6.45, 7) is 1.43. The molecule has 0 radical (unpaired) electrons. The van der Waals surface area contributed by atoms with Crippen molar-refractivity contribution in [2.75, 3.05) is 32.2 Å². The summed E-state index contributed by atoms with van der Waals surface area (Å²) in [5.74, 6) is 1.33. The van der Waals surface area contributed by atoms with Gasteiger partial charge in [-0.3, -0.25) is 0 Å². The van der Waals surface area contributed by atoms with Crippen LogP contribution in [0.1, 0.15) is 0 Å². The summed E-state index contributed by atoms with van der Waals surface area (Å²) in [7, 11) is 3.37. The molecule has 7 nitrogen and oxygen atoms in total. The van der Waals surface area contributed by atoms with E-state index in [1.165, 1.54) is 6.33 Å². The highest BCUT2D eigenvalue weighted by Crippen LogP contribution is 2.25. The van der Waals surface area contributed by atoms with Crippen molar-refractivity contribution in [3.8, 4) is 0 Å². The number of nitrogens with zero attached hydrogens (tertiary/aromatic N) is 5. The molecule has 1 fully saturated rings. The predicted octanol–water partition coefficient (Wildman–Crippen LogP) is 0.628. The van der Waals surface area contributed by atoms with Crippen molar-refractivity contribution in [2.24, 2.45) is 0 Å². The molecule has 19 heavy (non-hydrogen) atoms. The molecule has 0 N–H and O–H groups in total. The summed E-state index contributed by atoms with van der Waals surface area (Å²) < 4.78 is 12.5. The Kier molecular flexibility index (Phi) is 3.26. The maximum absolute atomic E-state index is 6.02. The molecule has 0 aliphatic carbocycles. The average Bonchev–Trinajstić information content (AvgIpc) is 3.02. The van der Waals surface area contributed by atoms with E-state index >= 15 is 0 Å². The third kappa shape index (κ3) is 2.13. The number of halogens is 1. The fraction of sp³-hybridized carbons (Fsp3) is 0.545. The largest absolute Gasteiger partial charge is 0.377 e. The lowest BCUT2D eigenvalue weighted by atomic mass is 10.3. The predicted molar refractivity (Wildman–Crippen MR) is 69.6 cm³/mol. The van der Waals surface area contributed by atoms with Gasteiger partial charge in [-0.2, -0.15) is 19.6 Å². The highest BCUT2D eigenvalue weighted by molar-refractivity contribution is 6.29. The zero-order chi connectivity index (χ0) is 13.4. The van der Waals surface area contributed by atoms with Crippen LogP contribution in [0.2, 0.25) is 5.15 Å². The van der Waals surface area contributed by atoms with Gasteiger partial charge in [0.2, 0.25) is 0 Å². The molecule has 0 saturated carbocycles. The van der Waals surface area contributed by atoms with E-state index in [0.29, 0.717) is 24.0 Å². The van der Waals surface area contributed by atoms with E-state index in [1.807, 2.05) is 0 Å². The summed E-state index contributed by atoms with van der Waals surface area (Å²) >= 11 is 6.02. The number of anilines is 1. The first-order chi connectivity index (χ1) is 9.22. The van der Waals surface area contributed by atoms with Crippen LogP contribution in [-0.4, -0.2) is 59.1 Å². The molecule has 1 aliphatic rings. The highest BCUT2D eigenvalue weighted by Gasteiger charge is 2.34. The summed E-state index contributed by atoms with van der Waals surface area (Å²) in [6, 6.07) is 1.77. The number of hydrogen-bond donors (Lipinski definition) is 0. The minimum atomic E-state index is 0.0236. The summed E-state index contributed by atoms with van der Waals surface area (Å²) in [5, 5.41) is 4.56. The Morgan fingerprint density at radius 3 is 2.58 bits per heavy atom. The maximum atomic E-state index is 6.02. The quantitative estimate of drug-likeness (QED) is 0.770. The van der Waals surface area contributed by atoms with Crippen molar-refractivity contribution in [1.82, 2.24) is 19.6 Å². The van der Waals surface area contributed by atoms with Crippen molar-refractivity contribution in [3.63, 3.8) is 0 Å². The summed E-state index contributed by atoms with van der Waals surface area (Å²) in [5.41, 5.74) is 0. The Balaban J connectivity index is 1.99. The molecular weight excluding hydrogens is 270 g/mol. The van der Waals surface area contributed by atoms with E-state index in [1.54, 1.807) is 24.8 Å². The van der Waals surface area contributed by atoms with Gasteiger partial charge >= 0.3 is 0 Å². The first-order valence-electron chi connectivity index (χ1n) is 5.89. The molecule has 2 unspecified atom stereocenters. The van der Waals surface area contributed by atoms with Crippen LogP contribution in [0.5, 0.6) is 0 Å². The molecule has 2 atom stereocenters. The standard InChI is InChI=1S/C11H14ClN5O2/c1-18-7-4-16(5-8(7)19-2)10-3-9(12)15-11-13-6-14-17(10)11/h3,6-8H,4-5H2,1-2H3. The van der Waals surface area contributed by atoms with Crippen LogP contribution in [-0.2, 0) is 9.47 Å². The van der Waals surface area contributed by atoms with E-state index in [0.717, 1.165) is 5.82 Å². The lowest BCUT2D eigenvalue weighted by Gasteiger charge is -2.18. The van der Waals surface area contributed by atoms with Gasteiger partial charge in [-0.25, -0.2) is 0 Å². The Bertz CT molecular complexity index is 577. The van der Waals surface area contributed by atoms with Crippen molar-refractivity contribution in [3.05, 3.63) is 17.5 Å². The van der Waals surface area contributed by atoms with Crippen LogP contribution in [0.3, 0.4) is 0 Å². The number of fused-ring (bicyclic) bond motifs is 1. The number of ether oxygens (including phenoxy) is 2. The zero-order valence-electron chi connectivity index (χ0n) is 10.7. The second kappa shape index (κ2) is 4.92.